The van der Waals surface area contributed by atoms with E-state index in [9.17, 15) is 0 Å². The zero-order valence-electron chi connectivity index (χ0n) is 10.4. The Kier molecular flexibility index (Phi) is 6.09. The molecule has 0 unspecified atom stereocenters. The molecule has 1 N–H and O–H groups in total. The van der Waals surface area contributed by atoms with Gasteiger partial charge >= 0.3 is 0 Å². The summed E-state index contributed by atoms with van der Waals surface area (Å²) in [5.74, 6) is 0.902. The van der Waals surface area contributed by atoms with Gasteiger partial charge in [0.15, 0.2) is 4.34 Å². The number of nitrogens with zero attached hydrogens (tertiary/aromatic N) is 2. The second-order valence-corrected chi connectivity index (χ2v) is 6.79. The van der Waals surface area contributed by atoms with E-state index >= 15 is 0 Å². The number of nitrogens with one attached hydrogen (secondary N) is 1. The molecule has 0 spiro atoms. The topological polar surface area (TPSA) is 47.0 Å². The summed E-state index contributed by atoms with van der Waals surface area (Å²) in [7, 11) is 0. The summed E-state index contributed by atoms with van der Waals surface area (Å²) < 4.78 is 7.28. The van der Waals surface area contributed by atoms with E-state index in [0.29, 0.717) is 0 Å². The van der Waals surface area contributed by atoms with Crippen molar-refractivity contribution in [2.45, 2.75) is 11.3 Å². The predicted octanol–water partition coefficient (Wildman–Crippen LogP) is 4.17. The molecule has 0 fully saturated rings. The molecule has 102 valence electrons. The first-order chi connectivity index (χ1) is 9.28. The predicted molar refractivity (Wildman–Crippen MR) is 84.6 cm³/mol. The van der Waals surface area contributed by atoms with Crippen LogP contribution in [0.4, 0.5) is 10.8 Å². The van der Waals surface area contributed by atoms with Crippen molar-refractivity contribution in [3.05, 3.63) is 28.7 Å². The number of benzene rings is 1. The lowest BCUT2D eigenvalue weighted by atomic mass is 10.3. The van der Waals surface area contributed by atoms with Gasteiger partial charge in [-0.2, -0.15) is 0 Å². The fourth-order valence-electron chi connectivity index (χ4n) is 1.34. The minimum absolute atomic E-state index is 0.745. The van der Waals surface area contributed by atoms with Crippen LogP contribution in [-0.4, -0.2) is 29.2 Å². The molecule has 0 saturated heterocycles. The van der Waals surface area contributed by atoms with Crippen molar-refractivity contribution < 1.29 is 4.74 Å². The van der Waals surface area contributed by atoms with Gasteiger partial charge in [0, 0.05) is 22.5 Å². The van der Waals surface area contributed by atoms with Crippen molar-refractivity contribution in [2.24, 2.45) is 0 Å². The van der Waals surface area contributed by atoms with Crippen LogP contribution in [0.1, 0.15) is 6.92 Å². The second-order valence-electron chi connectivity index (χ2n) is 3.55. The molecule has 0 amide bonds. The normalized spacial score (nSPS) is 10.6. The van der Waals surface area contributed by atoms with Crippen molar-refractivity contribution in [2.75, 3.05) is 24.3 Å². The minimum Gasteiger partial charge on any atom is -0.381 e. The quantitative estimate of drug-likeness (QED) is 0.593. The molecule has 0 radical (unpaired) electrons. The van der Waals surface area contributed by atoms with Crippen LogP contribution < -0.4 is 5.32 Å². The number of hydrogen-bond acceptors (Lipinski definition) is 6. The third kappa shape index (κ3) is 5.10. The van der Waals surface area contributed by atoms with Crippen molar-refractivity contribution in [3.8, 4) is 0 Å². The average molecular weight is 360 g/mol. The maximum absolute atomic E-state index is 5.29. The molecule has 1 heterocycles. The summed E-state index contributed by atoms with van der Waals surface area (Å²) in [6.07, 6.45) is 0. The van der Waals surface area contributed by atoms with E-state index in [0.717, 1.165) is 38.6 Å². The lowest BCUT2D eigenvalue weighted by Gasteiger charge is -2.01. The Balaban J connectivity index is 1.87. The Morgan fingerprint density at radius 1 is 1.42 bits per heavy atom. The molecule has 4 nitrogen and oxygen atoms in total. The molecule has 0 bridgehead atoms. The SMILES string of the molecule is CCOCCSc1nnc(Nc2cccc(Br)c2)s1. The molecule has 2 rings (SSSR count). The van der Waals surface area contributed by atoms with E-state index in [2.05, 4.69) is 31.4 Å². The Hall–Kier alpha value is -0.630. The van der Waals surface area contributed by atoms with Gasteiger partial charge < -0.3 is 10.1 Å². The molecule has 1 aromatic heterocycles. The summed E-state index contributed by atoms with van der Waals surface area (Å²) in [5.41, 5.74) is 0.997. The molecule has 0 atom stereocenters. The first-order valence-corrected chi connectivity index (χ1v) is 8.44. The highest BCUT2D eigenvalue weighted by atomic mass is 79.9. The van der Waals surface area contributed by atoms with E-state index in [1.165, 1.54) is 0 Å². The van der Waals surface area contributed by atoms with Gasteiger partial charge in [0.05, 0.1) is 6.61 Å². The highest BCUT2D eigenvalue weighted by Crippen LogP contribution is 2.28. The van der Waals surface area contributed by atoms with Crippen LogP contribution in [0.3, 0.4) is 0 Å². The first kappa shape index (κ1) is 14.8. The third-order valence-electron chi connectivity index (χ3n) is 2.14. The monoisotopic (exact) mass is 359 g/mol. The number of hydrogen-bond donors (Lipinski definition) is 1. The maximum atomic E-state index is 5.29. The smallest absolute Gasteiger partial charge is 0.210 e. The summed E-state index contributed by atoms with van der Waals surface area (Å²) in [4.78, 5) is 0. The summed E-state index contributed by atoms with van der Waals surface area (Å²) in [5, 5.41) is 12.3. The fraction of sp³-hybridized carbons (Fsp3) is 0.333. The average Bonchev–Trinajstić information content (AvgIpc) is 2.82. The number of thioether (sulfide) groups is 1. The molecular formula is C12H14BrN3OS2. The molecule has 0 aliphatic rings. The van der Waals surface area contributed by atoms with E-state index in [-0.39, 0.29) is 0 Å². The zero-order chi connectivity index (χ0) is 13.5. The standard InChI is InChI=1S/C12H14BrN3OS2/c1-2-17-6-7-18-12-16-15-11(19-12)14-10-5-3-4-9(13)8-10/h3-5,8H,2,6-7H2,1H3,(H,14,15). The Morgan fingerprint density at radius 2 is 2.32 bits per heavy atom. The van der Waals surface area contributed by atoms with Gasteiger partial charge in [0.2, 0.25) is 5.13 Å². The van der Waals surface area contributed by atoms with Crippen LogP contribution in [-0.2, 0) is 4.74 Å². The molecule has 1 aromatic carbocycles. The van der Waals surface area contributed by atoms with Crippen molar-refractivity contribution in [1.29, 1.82) is 0 Å². The number of anilines is 2. The molecule has 0 aliphatic carbocycles. The second kappa shape index (κ2) is 7.84. The largest absolute Gasteiger partial charge is 0.381 e. The molecule has 0 aliphatic heterocycles. The zero-order valence-corrected chi connectivity index (χ0v) is 13.6. The number of aromatic nitrogens is 2. The van der Waals surface area contributed by atoms with Gasteiger partial charge in [-0.05, 0) is 25.1 Å². The van der Waals surface area contributed by atoms with Crippen LogP contribution in [0.25, 0.3) is 0 Å². The van der Waals surface area contributed by atoms with E-state index in [4.69, 9.17) is 4.74 Å². The van der Waals surface area contributed by atoms with Crippen LogP contribution in [0.2, 0.25) is 0 Å². The highest BCUT2D eigenvalue weighted by Gasteiger charge is 2.05. The first-order valence-electron chi connectivity index (χ1n) is 5.84. The lowest BCUT2D eigenvalue weighted by molar-refractivity contribution is 0.164. The minimum atomic E-state index is 0.745. The summed E-state index contributed by atoms with van der Waals surface area (Å²) in [6, 6.07) is 7.96. The molecule has 7 heteroatoms. The molecule has 2 aromatic rings. The van der Waals surface area contributed by atoms with Gasteiger partial charge in [-0.15, -0.1) is 10.2 Å². The van der Waals surface area contributed by atoms with Gasteiger partial charge in [-0.25, -0.2) is 0 Å². The summed E-state index contributed by atoms with van der Waals surface area (Å²) >= 11 is 6.65. The van der Waals surface area contributed by atoms with Gasteiger partial charge in [-0.1, -0.05) is 45.1 Å². The highest BCUT2D eigenvalue weighted by molar-refractivity contribution is 9.10. The lowest BCUT2D eigenvalue weighted by Crippen LogP contribution is -1.95. The summed E-state index contributed by atoms with van der Waals surface area (Å²) in [6.45, 7) is 3.50. The maximum Gasteiger partial charge on any atom is 0.210 e. The van der Waals surface area contributed by atoms with E-state index in [1.54, 1.807) is 23.1 Å². The molecule has 0 saturated carbocycles. The number of ether oxygens (including phenoxy) is 1. The van der Waals surface area contributed by atoms with Crippen molar-refractivity contribution >= 4 is 49.8 Å². The molecule has 19 heavy (non-hydrogen) atoms. The van der Waals surface area contributed by atoms with Crippen LogP contribution in [0, 0.1) is 0 Å². The van der Waals surface area contributed by atoms with Gasteiger partial charge in [0.1, 0.15) is 0 Å². The number of rotatable bonds is 7. The van der Waals surface area contributed by atoms with Crippen molar-refractivity contribution in [1.82, 2.24) is 10.2 Å². The Morgan fingerprint density at radius 3 is 3.11 bits per heavy atom. The molecular weight excluding hydrogens is 346 g/mol. The van der Waals surface area contributed by atoms with Crippen LogP contribution in [0.15, 0.2) is 33.1 Å². The van der Waals surface area contributed by atoms with Gasteiger partial charge in [0.25, 0.3) is 0 Å². The van der Waals surface area contributed by atoms with E-state index in [1.807, 2.05) is 31.2 Å². The Labute approximate surface area is 129 Å². The van der Waals surface area contributed by atoms with Crippen LogP contribution >= 0.6 is 39.0 Å². The Bertz CT molecular complexity index is 521. The van der Waals surface area contributed by atoms with Crippen molar-refractivity contribution in [3.63, 3.8) is 0 Å². The van der Waals surface area contributed by atoms with Gasteiger partial charge in [-0.3, -0.25) is 0 Å². The van der Waals surface area contributed by atoms with E-state index < -0.39 is 0 Å². The van der Waals surface area contributed by atoms with Crippen LogP contribution in [0.5, 0.6) is 0 Å². The fourth-order valence-corrected chi connectivity index (χ4v) is 3.43. The number of halogens is 1. The third-order valence-corrected chi connectivity index (χ3v) is 4.57.